The summed E-state index contributed by atoms with van der Waals surface area (Å²) >= 11 is 0. The Morgan fingerprint density at radius 1 is 1.27 bits per heavy atom. The van der Waals surface area contributed by atoms with Crippen molar-refractivity contribution < 1.29 is 4.79 Å². The minimum absolute atomic E-state index is 0.0845. The fourth-order valence-corrected chi connectivity index (χ4v) is 1.88. The Labute approximate surface area is 86.3 Å². The Bertz CT molecular complexity index is 493. The maximum Gasteiger partial charge on any atom is 0.406 e. The van der Waals surface area contributed by atoms with Crippen LogP contribution in [0.25, 0.3) is 0 Å². The molecule has 0 N–H and O–H groups in total. The number of amides is 1. The molecule has 3 rings (SSSR count). The summed E-state index contributed by atoms with van der Waals surface area (Å²) in [6, 6.07) is 8.82. The number of quaternary nitrogens is 1. The molecule has 15 heavy (non-hydrogen) atoms. The second-order valence-electron chi connectivity index (χ2n) is 3.62. The Kier molecular flexibility index (Phi) is 1.45. The second kappa shape index (κ2) is 2.58. The van der Waals surface area contributed by atoms with Crippen LogP contribution in [-0.4, -0.2) is 17.7 Å². The van der Waals surface area contributed by atoms with Crippen LogP contribution in [0.1, 0.15) is 6.92 Å². The number of para-hydroxylation sites is 1. The molecule has 1 amide bonds. The van der Waals surface area contributed by atoms with E-state index in [9.17, 15) is 4.79 Å². The van der Waals surface area contributed by atoms with E-state index in [1.165, 1.54) is 0 Å². The molecule has 2 unspecified atom stereocenters. The van der Waals surface area contributed by atoms with Gasteiger partial charge in [-0.15, -0.1) is 5.11 Å². The maximum absolute atomic E-state index is 12.0. The van der Waals surface area contributed by atoms with Crippen molar-refractivity contribution in [3.63, 3.8) is 0 Å². The van der Waals surface area contributed by atoms with Gasteiger partial charge < -0.3 is 0 Å². The molecule has 0 fully saturated rings. The molecule has 1 aromatic carbocycles. The number of carbonyl (C=O) groups excluding carboxylic acids is 1. The van der Waals surface area contributed by atoms with Crippen molar-refractivity contribution in [3.05, 3.63) is 30.3 Å². The van der Waals surface area contributed by atoms with Gasteiger partial charge in [-0.2, -0.15) is 0 Å². The summed E-state index contributed by atoms with van der Waals surface area (Å²) in [5.74, 6) is -0.0845. The van der Waals surface area contributed by atoms with E-state index in [4.69, 9.17) is 0 Å². The summed E-state index contributed by atoms with van der Waals surface area (Å²) in [6.07, 6.45) is 0. The number of nitrogens with zero attached hydrogens (tertiary/aromatic N) is 4. The molecule has 74 valence electrons. The molecular weight excluding hydrogens is 192 g/mol. The zero-order chi connectivity index (χ0) is 10.5. The summed E-state index contributed by atoms with van der Waals surface area (Å²) in [6.45, 7) is 1.81. The molecular formula is C10H9N4O+. The molecule has 0 saturated carbocycles. The van der Waals surface area contributed by atoms with E-state index in [0.29, 0.717) is 0 Å². The van der Waals surface area contributed by atoms with Gasteiger partial charge in [0.2, 0.25) is 6.04 Å². The predicted octanol–water partition coefficient (Wildman–Crippen LogP) is 1.66. The number of hydrogen-bond donors (Lipinski definition) is 0. The van der Waals surface area contributed by atoms with Crippen LogP contribution in [0, 0.1) is 0 Å². The van der Waals surface area contributed by atoms with E-state index in [-0.39, 0.29) is 10.6 Å². The van der Waals surface area contributed by atoms with E-state index >= 15 is 0 Å². The van der Waals surface area contributed by atoms with Crippen LogP contribution in [0.3, 0.4) is 0 Å². The van der Waals surface area contributed by atoms with Crippen molar-refractivity contribution in [3.8, 4) is 0 Å². The van der Waals surface area contributed by atoms with Crippen molar-refractivity contribution in [1.29, 1.82) is 0 Å². The lowest BCUT2D eigenvalue weighted by Gasteiger charge is -2.13. The molecule has 2 aliphatic heterocycles. The first-order chi connectivity index (χ1) is 7.24. The van der Waals surface area contributed by atoms with Gasteiger partial charge in [-0.25, -0.2) is 4.79 Å². The third-order valence-electron chi connectivity index (χ3n) is 2.65. The molecule has 5 heteroatoms. The molecule has 2 atom stereocenters. The first-order valence-electron chi connectivity index (χ1n) is 4.72. The SMILES string of the molecule is CC1=N[N+]2(c3ccccc3)N=NC1C2=O. The standard InChI is InChI=1S/C10H9N4O/c1-7-9-10(15)14(12-7,13-11-9)8-5-3-2-4-6-8/h2-6,9H,1H3/q+1. The van der Waals surface area contributed by atoms with E-state index in [0.717, 1.165) is 11.4 Å². The zero-order valence-corrected chi connectivity index (χ0v) is 8.16. The van der Waals surface area contributed by atoms with Gasteiger partial charge in [0.05, 0.1) is 5.22 Å². The fraction of sp³-hybridized carbons (Fsp3) is 0.200. The van der Waals surface area contributed by atoms with Crippen molar-refractivity contribution in [2.45, 2.75) is 13.0 Å². The van der Waals surface area contributed by atoms with Gasteiger partial charge in [0.15, 0.2) is 5.69 Å². The monoisotopic (exact) mass is 201 g/mol. The highest BCUT2D eigenvalue weighted by atomic mass is 16.2. The van der Waals surface area contributed by atoms with E-state index in [1.54, 1.807) is 0 Å². The summed E-state index contributed by atoms with van der Waals surface area (Å²) in [5.41, 5.74) is 1.48. The predicted molar refractivity (Wildman–Crippen MR) is 55.0 cm³/mol. The van der Waals surface area contributed by atoms with Crippen LogP contribution in [-0.2, 0) is 4.79 Å². The van der Waals surface area contributed by atoms with Crippen LogP contribution >= 0.6 is 0 Å². The van der Waals surface area contributed by atoms with Crippen molar-refractivity contribution in [2.24, 2.45) is 15.4 Å². The lowest BCUT2D eigenvalue weighted by atomic mass is 10.2. The van der Waals surface area contributed by atoms with Crippen molar-refractivity contribution in [1.82, 2.24) is 4.70 Å². The highest BCUT2D eigenvalue weighted by Crippen LogP contribution is 2.36. The molecule has 2 aliphatic rings. The third kappa shape index (κ3) is 0.901. The molecule has 2 heterocycles. The molecule has 0 radical (unpaired) electrons. The lowest BCUT2D eigenvalue weighted by Crippen LogP contribution is -2.40. The first kappa shape index (κ1) is 8.43. The topological polar surface area (TPSA) is 54.1 Å². The Balaban J connectivity index is 2.20. The van der Waals surface area contributed by atoms with Crippen molar-refractivity contribution >= 4 is 17.3 Å². The second-order valence-corrected chi connectivity index (χ2v) is 3.62. The normalized spacial score (nSPS) is 32.2. The van der Waals surface area contributed by atoms with Crippen LogP contribution in [0.5, 0.6) is 0 Å². The number of fused-ring (bicyclic) bond motifs is 2. The van der Waals surface area contributed by atoms with Crippen LogP contribution in [0.2, 0.25) is 0 Å². The summed E-state index contributed by atoms with van der Waals surface area (Å²) in [4.78, 5) is 12.0. The highest BCUT2D eigenvalue weighted by Gasteiger charge is 2.59. The van der Waals surface area contributed by atoms with E-state index in [1.807, 2.05) is 37.3 Å². The van der Waals surface area contributed by atoms with Crippen molar-refractivity contribution in [2.75, 3.05) is 0 Å². The number of hydrogen-bond acceptors (Lipinski definition) is 4. The van der Waals surface area contributed by atoms with Gasteiger partial charge in [0.25, 0.3) is 0 Å². The average molecular weight is 201 g/mol. The molecule has 0 spiro atoms. The Morgan fingerprint density at radius 2 is 2.00 bits per heavy atom. The molecule has 5 nitrogen and oxygen atoms in total. The summed E-state index contributed by atoms with van der Waals surface area (Å²) in [7, 11) is 0. The molecule has 1 aromatic rings. The highest BCUT2D eigenvalue weighted by molar-refractivity contribution is 6.16. The van der Waals surface area contributed by atoms with Gasteiger partial charge in [0.1, 0.15) is 5.71 Å². The average Bonchev–Trinajstić information content (AvgIpc) is 2.71. The maximum atomic E-state index is 12.0. The summed E-state index contributed by atoms with van der Waals surface area (Å²) in [5, 5.41) is 12.2. The Hall–Kier alpha value is -1.88. The quantitative estimate of drug-likeness (QED) is 0.637. The van der Waals surface area contributed by atoms with Gasteiger partial charge in [-0.05, 0) is 12.0 Å². The van der Waals surface area contributed by atoms with Gasteiger partial charge in [-0.3, -0.25) is 0 Å². The molecule has 2 bridgehead atoms. The largest absolute Gasteiger partial charge is 0.406 e. The molecule has 0 aliphatic carbocycles. The number of carbonyl (C=O) groups is 1. The van der Waals surface area contributed by atoms with E-state index in [2.05, 4.69) is 15.4 Å². The van der Waals surface area contributed by atoms with Crippen LogP contribution < -0.4 is 4.70 Å². The van der Waals surface area contributed by atoms with Gasteiger partial charge >= 0.3 is 5.91 Å². The minimum Gasteiger partial charge on any atom is -0.222 e. The molecule has 0 aromatic heterocycles. The minimum atomic E-state index is -0.467. The first-order valence-corrected chi connectivity index (χ1v) is 4.72. The zero-order valence-electron chi connectivity index (χ0n) is 8.16. The smallest absolute Gasteiger partial charge is 0.222 e. The van der Waals surface area contributed by atoms with Crippen LogP contribution in [0.4, 0.5) is 5.69 Å². The summed E-state index contributed by atoms with van der Waals surface area (Å²) < 4.78 is -0.336. The van der Waals surface area contributed by atoms with Gasteiger partial charge in [-0.1, -0.05) is 18.2 Å². The lowest BCUT2D eigenvalue weighted by molar-refractivity contribution is -0.127. The number of rotatable bonds is 1. The van der Waals surface area contributed by atoms with E-state index < -0.39 is 6.04 Å². The van der Waals surface area contributed by atoms with Gasteiger partial charge in [0, 0.05) is 16.8 Å². The fourth-order valence-electron chi connectivity index (χ4n) is 1.88. The third-order valence-corrected chi connectivity index (χ3v) is 2.65. The Morgan fingerprint density at radius 3 is 2.53 bits per heavy atom. The van der Waals surface area contributed by atoms with Crippen LogP contribution in [0.15, 0.2) is 45.8 Å². The molecule has 0 saturated heterocycles. The number of benzene rings is 1.